The number of carbonyl (C=O) groups is 3. The van der Waals surface area contributed by atoms with Gasteiger partial charge in [0.1, 0.15) is 13.2 Å². The largest absolute Gasteiger partial charge is 0.462 e. The van der Waals surface area contributed by atoms with Gasteiger partial charge >= 0.3 is 17.9 Å². The standard InChI is InChI=1S/C58H96O6/c1-4-7-10-13-16-19-22-25-28-30-33-36-39-42-45-48-51-57(60)63-54-55(53-62-56(59)50-47-44-41-38-35-32-27-24-21-18-15-12-9-6-3)64-58(61)52-49-46-43-40-37-34-31-29-26-23-20-17-14-11-8-5-2/h7,9-10,12,16,18-19,21,25,27-29,31-32,34,37,55H,4-6,8,11,13-15,17,20,22-24,26,30,33,35-36,38-54H2,1-3H3/b10-7-,12-9-,19-16-,21-18-,28-25-,31-29-,32-27-,37-34-. The molecule has 0 radical (unpaired) electrons. The molecule has 0 saturated heterocycles. The van der Waals surface area contributed by atoms with E-state index in [1.807, 2.05) is 0 Å². The summed E-state index contributed by atoms with van der Waals surface area (Å²) in [5, 5.41) is 0. The minimum absolute atomic E-state index is 0.104. The van der Waals surface area contributed by atoms with Gasteiger partial charge in [0.15, 0.2) is 6.10 Å². The number of hydrogen-bond donors (Lipinski definition) is 0. The topological polar surface area (TPSA) is 78.9 Å². The van der Waals surface area contributed by atoms with E-state index in [2.05, 4.69) is 118 Å². The van der Waals surface area contributed by atoms with Crippen LogP contribution < -0.4 is 0 Å². The van der Waals surface area contributed by atoms with Gasteiger partial charge in [0, 0.05) is 19.3 Å². The van der Waals surface area contributed by atoms with Crippen LogP contribution in [0, 0.1) is 0 Å². The fourth-order valence-electron chi connectivity index (χ4n) is 6.93. The number of hydrogen-bond acceptors (Lipinski definition) is 6. The van der Waals surface area contributed by atoms with Gasteiger partial charge in [-0.2, -0.15) is 0 Å². The Bertz CT molecular complexity index is 1300. The normalized spacial score (nSPS) is 12.9. The highest BCUT2D eigenvalue weighted by Crippen LogP contribution is 2.13. The van der Waals surface area contributed by atoms with Crippen molar-refractivity contribution in [3.8, 4) is 0 Å². The number of ether oxygens (including phenoxy) is 3. The van der Waals surface area contributed by atoms with Crippen LogP contribution in [0.2, 0.25) is 0 Å². The quantitative estimate of drug-likeness (QED) is 0.0199. The predicted octanol–water partition coefficient (Wildman–Crippen LogP) is 17.4. The Hall–Kier alpha value is -3.67. The van der Waals surface area contributed by atoms with Crippen molar-refractivity contribution in [3.05, 3.63) is 97.2 Å². The van der Waals surface area contributed by atoms with Crippen molar-refractivity contribution in [2.45, 2.75) is 239 Å². The summed E-state index contributed by atoms with van der Waals surface area (Å²) in [6, 6.07) is 0. The number of unbranched alkanes of at least 4 members (excludes halogenated alkanes) is 20. The van der Waals surface area contributed by atoms with E-state index in [1.165, 1.54) is 57.8 Å². The molecule has 0 saturated carbocycles. The molecule has 0 aliphatic carbocycles. The maximum Gasteiger partial charge on any atom is 0.306 e. The minimum Gasteiger partial charge on any atom is -0.462 e. The second-order valence-electron chi connectivity index (χ2n) is 17.0. The number of allylic oxidation sites excluding steroid dienone is 16. The second kappa shape index (κ2) is 52.0. The Morgan fingerprint density at radius 3 is 1.06 bits per heavy atom. The van der Waals surface area contributed by atoms with Gasteiger partial charge in [-0.3, -0.25) is 14.4 Å². The molecule has 6 nitrogen and oxygen atoms in total. The Morgan fingerprint density at radius 1 is 0.344 bits per heavy atom. The van der Waals surface area contributed by atoms with E-state index in [-0.39, 0.29) is 37.5 Å². The Labute approximate surface area is 394 Å². The highest BCUT2D eigenvalue weighted by atomic mass is 16.6. The van der Waals surface area contributed by atoms with Crippen molar-refractivity contribution < 1.29 is 28.6 Å². The third kappa shape index (κ3) is 49.3. The Balaban J connectivity index is 4.50. The molecule has 0 heterocycles. The van der Waals surface area contributed by atoms with Gasteiger partial charge in [0.05, 0.1) is 0 Å². The van der Waals surface area contributed by atoms with Crippen LogP contribution in [0.5, 0.6) is 0 Å². The van der Waals surface area contributed by atoms with E-state index in [0.717, 1.165) is 135 Å². The molecule has 364 valence electrons. The van der Waals surface area contributed by atoms with Crippen molar-refractivity contribution in [2.24, 2.45) is 0 Å². The number of esters is 3. The van der Waals surface area contributed by atoms with E-state index in [4.69, 9.17) is 14.2 Å². The lowest BCUT2D eigenvalue weighted by molar-refractivity contribution is -0.167. The zero-order valence-electron chi connectivity index (χ0n) is 41.5. The lowest BCUT2D eigenvalue weighted by atomic mass is 10.1. The van der Waals surface area contributed by atoms with Gasteiger partial charge < -0.3 is 14.2 Å². The molecule has 0 aliphatic heterocycles. The summed E-state index contributed by atoms with van der Waals surface area (Å²) in [5.74, 6) is -0.967. The molecule has 0 fully saturated rings. The van der Waals surface area contributed by atoms with Crippen LogP contribution in [0.1, 0.15) is 233 Å². The summed E-state index contributed by atoms with van der Waals surface area (Å²) >= 11 is 0. The van der Waals surface area contributed by atoms with Crippen molar-refractivity contribution in [1.82, 2.24) is 0 Å². The number of rotatable bonds is 46. The fourth-order valence-corrected chi connectivity index (χ4v) is 6.93. The van der Waals surface area contributed by atoms with Crippen LogP contribution in [-0.4, -0.2) is 37.2 Å². The highest BCUT2D eigenvalue weighted by Gasteiger charge is 2.19. The van der Waals surface area contributed by atoms with Gasteiger partial charge in [-0.1, -0.05) is 201 Å². The SMILES string of the molecule is CC/C=C\C/C=C\C/C=C\CCCCCCCCC(=O)OCC(COC(=O)CCCCCC/C=C\C/C=C\C/C=C\CC)OC(=O)CCCCC/C=C\C=C/CCCCCCCCC. The average Bonchev–Trinajstić information content (AvgIpc) is 3.29. The monoisotopic (exact) mass is 889 g/mol. The van der Waals surface area contributed by atoms with E-state index in [9.17, 15) is 14.4 Å². The highest BCUT2D eigenvalue weighted by molar-refractivity contribution is 5.71. The molecule has 0 aromatic heterocycles. The molecule has 64 heavy (non-hydrogen) atoms. The molecule has 6 heteroatoms. The molecule has 0 aromatic rings. The zero-order valence-corrected chi connectivity index (χ0v) is 41.5. The van der Waals surface area contributed by atoms with Gasteiger partial charge in [-0.05, 0) is 109 Å². The van der Waals surface area contributed by atoms with Crippen molar-refractivity contribution >= 4 is 17.9 Å². The minimum atomic E-state index is -0.807. The van der Waals surface area contributed by atoms with Crippen LogP contribution >= 0.6 is 0 Å². The third-order valence-electron chi connectivity index (χ3n) is 10.8. The van der Waals surface area contributed by atoms with Crippen molar-refractivity contribution in [3.63, 3.8) is 0 Å². The molecule has 1 atom stereocenters. The maximum absolute atomic E-state index is 12.8. The first-order valence-electron chi connectivity index (χ1n) is 26.3. The first-order valence-corrected chi connectivity index (χ1v) is 26.3. The van der Waals surface area contributed by atoms with Crippen LogP contribution in [0.25, 0.3) is 0 Å². The molecule has 1 unspecified atom stereocenters. The van der Waals surface area contributed by atoms with Gasteiger partial charge in [-0.15, -0.1) is 0 Å². The Kier molecular flexibility index (Phi) is 49.0. The lowest BCUT2D eigenvalue weighted by Crippen LogP contribution is -2.30. The summed E-state index contributed by atoms with van der Waals surface area (Å²) in [4.78, 5) is 38.0. The molecule has 0 bridgehead atoms. The molecule has 0 amide bonds. The molecule has 0 aliphatic rings. The van der Waals surface area contributed by atoms with Crippen molar-refractivity contribution in [2.75, 3.05) is 13.2 Å². The zero-order chi connectivity index (χ0) is 46.5. The second-order valence-corrected chi connectivity index (χ2v) is 17.0. The fraction of sp³-hybridized carbons (Fsp3) is 0.672. The molecule has 0 aromatic carbocycles. The molecule has 0 spiro atoms. The summed E-state index contributed by atoms with van der Waals surface area (Å²) in [6.07, 6.45) is 68.2. The lowest BCUT2D eigenvalue weighted by Gasteiger charge is -2.18. The van der Waals surface area contributed by atoms with E-state index >= 15 is 0 Å². The van der Waals surface area contributed by atoms with Crippen molar-refractivity contribution in [1.29, 1.82) is 0 Å². The van der Waals surface area contributed by atoms with E-state index in [0.29, 0.717) is 12.8 Å². The van der Waals surface area contributed by atoms with E-state index in [1.54, 1.807) is 0 Å². The Morgan fingerprint density at radius 2 is 0.656 bits per heavy atom. The first-order chi connectivity index (χ1) is 31.5. The summed E-state index contributed by atoms with van der Waals surface area (Å²) in [5.41, 5.74) is 0. The first kappa shape index (κ1) is 60.3. The van der Waals surface area contributed by atoms with Gasteiger partial charge in [0.2, 0.25) is 0 Å². The van der Waals surface area contributed by atoms with Crippen LogP contribution in [0.15, 0.2) is 97.2 Å². The van der Waals surface area contributed by atoms with E-state index < -0.39 is 6.10 Å². The smallest absolute Gasteiger partial charge is 0.306 e. The molecule has 0 rings (SSSR count). The van der Waals surface area contributed by atoms with Gasteiger partial charge in [-0.25, -0.2) is 0 Å². The molecular formula is C58H96O6. The predicted molar refractivity (Wildman–Crippen MR) is 274 cm³/mol. The maximum atomic E-state index is 12.8. The average molecular weight is 889 g/mol. The van der Waals surface area contributed by atoms with Crippen LogP contribution in [-0.2, 0) is 28.6 Å². The molecular weight excluding hydrogens is 793 g/mol. The van der Waals surface area contributed by atoms with Crippen LogP contribution in [0.3, 0.4) is 0 Å². The van der Waals surface area contributed by atoms with Gasteiger partial charge in [0.25, 0.3) is 0 Å². The molecule has 0 N–H and O–H groups in total. The third-order valence-corrected chi connectivity index (χ3v) is 10.8. The summed E-state index contributed by atoms with van der Waals surface area (Å²) < 4.78 is 16.8. The van der Waals surface area contributed by atoms with Crippen LogP contribution in [0.4, 0.5) is 0 Å². The summed E-state index contributed by atoms with van der Waals surface area (Å²) in [7, 11) is 0. The summed E-state index contributed by atoms with van der Waals surface area (Å²) in [6.45, 7) is 6.35. The number of carbonyl (C=O) groups excluding carboxylic acids is 3.